The Kier molecular flexibility index (Phi) is 6.61. The lowest BCUT2D eigenvalue weighted by atomic mass is 10.1. The fraction of sp³-hybridized carbons (Fsp3) is 0.387. The van der Waals surface area contributed by atoms with Crippen LogP contribution in [0, 0.1) is 0 Å². The van der Waals surface area contributed by atoms with E-state index in [-0.39, 0.29) is 29.2 Å². The Labute approximate surface area is 251 Å². The van der Waals surface area contributed by atoms with Crippen molar-refractivity contribution in [1.29, 1.82) is 0 Å². The summed E-state index contributed by atoms with van der Waals surface area (Å²) in [4.78, 5) is 32.8. The van der Waals surface area contributed by atoms with E-state index in [0.717, 1.165) is 17.2 Å². The van der Waals surface area contributed by atoms with Crippen LogP contribution >= 0.6 is 0 Å². The van der Waals surface area contributed by atoms with Gasteiger partial charge in [0.05, 0.1) is 17.5 Å². The summed E-state index contributed by atoms with van der Waals surface area (Å²) in [5.74, 6) is 2.08. The number of rotatable bonds is 5. The lowest BCUT2D eigenvalue weighted by Crippen LogP contribution is -2.45. The van der Waals surface area contributed by atoms with Crippen LogP contribution in [0.15, 0.2) is 48.7 Å². The third-order valence-electron chi connectivity index (χ3n) is 8.90. The minimum atomic E-state index is -4.57. The van der Waals surface area contributed by atoms with E-state index in [2.05, 4.69) is 25.8 Å². The number of anilines is 3. The van der Waals surface area contributed by atoms with Crippen molar-refractivity contribution < 1.29 is 32.2 Å². The maximum atomic E-state index is 14.0. The highest BCUT2D eigenvalue weighted by Crippen LogP contribution is 2.62. The first kappa shape index (κ1) is 28.3. The standard InChI is InChI=1S/C31H31F3N6O4/c1-30-26(20-16-18(4-7-24(20)44-30)43-23-9-10-35-28-19(23)5-8-25(41)37-28)27(30)38-29(42)36-17-3-6-22(21(15-17)31(32,33)34)40-13-11-39(2)12-14-40/h3-4,6-7,9-10,15-16,26-27H,5,8,11-14H2,1-2H3,(H,35,37,41)(H2,36,38,42)/t26-,27-,30?/m0/s1. The number of ether oxygens (including phenoxy) is 2. The average Bonchev–Trinajstić information content (AvgIpc) is 3.40. The highest BCUT2D eigenvalue weighted by molar-refractivity contribution is 5.93. The van der Waals surface area contributed by atoms with Crippen LogP contribution in [0.5, 0.6) is 17.2 Å². The second kappa shape index (κ2) is 10.3. The van der Waals surface area contributed by atoms with E-state index in [1.165, 1.54) is 12.1 Å². The molecule has 3 aromatic rings. The second-order valence-electron chi connectivity index (χ2n) is 11.8. The number of carbonyl (C=O) groups excluding carboxylic acids is 2. The van der Waals surface area contributed by atoms with E-state index in [1.807, 2.05) is 26.1 Å². The largest absolute Gasteiger partial charge is 0.484 e. The highest BCUT2D eigenvalue weighted by atomic mass is 19.4. The van der Waals surface area contributed by atoms with Gasteiger partial charge in [-0.2, -0.15) is 13.2 Å². The molecule has 3 atom stereocenters. The summed E-state index contributed by atoms with van der Waals surface area (Å²) in [6.07, 6.45) is -2.14. The molecule has 3 amide bonds. The zero-order valence-electron chi connectivity index (χ0n) is 24.1. The molecule has 1 saturated heterocycles. The summed E-state index contributed by atoms with van der Waals surface area (Å²) < 4.78 is 54.4. The van der Waals surface area contributed by atoms with Gasteiger partial charge in [-0.3, -0.25) is 4.79 Å². The number of carbonyl (C=O) groups is 2. The highest BCUT2D eigenvalue weighted by Gasteiger charge is 2.70. The number of pyridine rings is 1. The predicted molar refractivity (Wildman–Crippen MR) is 157 cm³/mol. The SMILES string of the molecule is CN1CCN(c2ccc(NC(=O)N[C@H]3[C@@H]4c5cc(Oc6ccnc7c6CCC(=O)N7)ccc5OC34C)cc2C(F)(F)F)CC1. The van der Waals surface area contributed by atoms with Gasteiger partial charge >= 0.3 is 12.2 Å². The van der Waals surface area contributed by atoms with Crippen LogP contribution in [0.4, 0.5) is 35.2 Å². The minimum absolute atomic E-state index is 0.0533. The van der Waals surface area contributed by atoms with Crippen molar-refractivity contribution in [3.05, 3.63) is 65.4 Å². The molecular formula is C31H31F3N6O4. The van der Waals surface area contributed by atoms with Crippen LogP contribution in [0.25, 0.3) is 0 Å². The summed E-state index contributed by atoms with van der Waals surface area (Å²) in [7, 11) is 1.94. The number of hydrogen-bond acceptors (Lipinski definition) is 7. The lowest BCUT2D eigenvalue weighted by molar-refractivity contribution is -0.137. The third kappa shape index (κ3) is 5.04. The first-order valence-corrected chi connectivity index (χ1v) is 14.5. The van der Waals surface area contributed by atoms with E-state index in [9.17, 15) is 22.8 Å². The van der Waals surface area contributed by atoms with E-state index in [4.69, 9.17) is 9.47 Å². The van der Waals surface area contributed by atoms with Crippen molar-refractivity contribution in [1.82, 2.24) is 15.2 Å². The van der Waals surface area contributed by atoms with Gasteiger partial charge in [-0.1, -0.05) is 0 Å². The van der Waals surface area contributed by atoms with Gasteiger partial charge in [-0.25, -0.2) is 9.78 Å². The molecule has 4 aliphatic rings. The Morgan fingerprint density at radius 2 is 1.91 bits per heavy atom. The number of fused-ring (bicyclic) bond motifs is 4. The number of piperazine rings is 1. The van der Waals surface area contributed by atoms with E-state index in [1.54, 1.807) is 23.2 Å². The summed E-state index contributed by atoms with van der Waals surface area (Å²) in [5, 5.41) is 8.22. The number of halogens is 3. The summed E-state index contributed by atoms with van der Waals surface area (Å²) in [6, 6.07) is 10.1. The number of nitrogens with one attached hydrogen (secondary N) is 3. The lowest BCUT2D eigenvalue weighted by Gasteiger charge is -2.35. The van der Waals surface area contributed by atoms with Crippen LogP contribution in [0.3, 0.4) is 0 Å². The van der Waals surface area contributed by atoms with E-state index in [0.29, 0.717) is 62.1 Å². The van der Waals surface area contributed by atoms with Gasteiger partial charge in [0.25, 0.3) is 0 Å². The fourth-order valence-electron chi connectivity index (χ4n) is 6.45. The van der Waals surface area contributed by atoms with Crippen LogP contribution in [0.2, 0.25) is 0 Å². The van der Waals surface area contributed by atoms with Crippen molar-refractivity contribution in [3.8, 4) is 17.2 Å². The molecule has 1 aliphatic carbocycles. The number of amides is 3. The Morgan fingerprint density at radius 3 is 2.68 bits per heavy atom. The number of likely N-dealkylation sites (N-methyl/N-ethyl adjacent to an activating group) is 1. The van der Waals surface area contributed by atoms with Gasteiger partial charge in [0.15, 0.2) is 0 Å². The van der Waals surface area contributed by atoms with Crippen molar-refractivity contribution >= 4 is 29.1 Å². The van der Waals surface area contributed by atoms with Crippen LogP contribution < -0.4 is 30.3 Å². The molecule has 3 aliphatic heterocycles. The van der Waals surface area contributed by atoms with Crippen LogP contribution in [-0.4, -0.2) is 66.7 Å². The van der Waals surface area contributed by atoms with Gasteiger partial charge in [-0.05, 0) is 62.9 Å². The molecule has 1 aromatic heterocycles. The summed E-state index contributed by atoms with van der Waals surface area (Å²) in [5.41, 5.74) is 0.376. The smallest absolute Gasteiger partial charge is 0.418 e. The van der Waals surface area contributed by atoms with Gasteiger partial charge < -0.3 is 35.2 Å². The van der Waals surface area contributed by atoms with Gasteiger partial charge in [0.1, 0.15) is 28.7 Å². The third-order valence-corrected chi connectivity index (χ3v) is 8.90. The zero-order chi connectivity index (χ0) is 30.8. The molecule has 1 unspecified atom stereocenters. The molecule has 230 valence electrons. The van der Waals surface area contributed by atoms with Crippen molar-refractivity contribution in [2.75, 3.05) is 48.8 Å². The molecule has 13 heteroatoms. The number of urea groups is 1. The Bertz CT molecular complexity index is 1660. The second-order valence-corrected chi connectivity index (χ2v) is 11.8. The van der Waals surface area contributed by atoms with Crippen molar-refractivity contribution in [3.63, 3.8) is 0 Å². The molecule has 2 fully saturated rings. The zero-order valence-corrected chi connectivity index (χ0v) is 24.1. The molecule has 0 bridgehead atoms. The molecule has 1 saturated carbocycles. The number of benzene rings is 2. The molecule has 44 heavy (non-hydrogen) atoms. The number of aromatic nitrogens is 1. The number of nitrogens with zero attached hydrogens (tertiary/aromatic N) is 3. The van der Waals surface area contributed by atoms with Crippen LogP contribution in [-0.2, 0) is 17.4 Å². The Morgan fingerprint density at radius 1 is 1.11 bits per heavy atom. The minimum Gasteiger partial charge on any atom is -0.484 e. The summed E-state index contributed by atoms with van der Waals surface area (Å²) in [6.45, 7) is 4.21. The van der Waals surface area contributed by atoms with Gasteiger partial charge in [-0.15, -0.1) is 0 Å². The molecule has 0 radical (unpaired) electrons. The van der Waals surface area contributed by atoms with Gasteiger partial charge in [0, 0.05) is 61.3 Å². The van der Waals surface area contributed by atoms with Crippen molar-refractivity contribution in [2.45, 2.75) is 43.5 Å². The quantitative estimate of drug-likeness (QED) is 0.376. The Hall–Kier alpha value is -4.52. The number of hydrogen-bond donors (Lipinski definition) is 3. The molecule has 0 spiro atoms. The maximum absolute atomic E-state index is 14.0. The predicted octanol–water partition coefficient (Wildman–Crippen LogP) is 4.97. The topological polar surface area (TPSA) is 108 Å². The molecule has 3 N–H and O–H groups in total. The van der Waals surface area contributed by atoms with E-state index < -0.39 is 23.4 Å². The average molecular weight is 609 g/mol. The number of alkyl halides is 3. The molecular weight excluding hydrogens is 577 g/mol. The first-order valence-electron chi connectivity index (χ1n) is 14.5. The molecule has 4 heterocycles. The first-order chi connectivity index (χ1) is 21.0. The van der Waals surface area contributed by atoms with Crippen molar-refractivity contribution in [2.24, 2.45) is 0 Å². The summed E-state index contributed by atoms with van der Waals surface area (Å²) >= 11 is 0. The monoisotopic (exact) mass is 608 g/mol. The van der Waals surface area contributed by atoms with E-state index >= 15 is 0 Å². The normalized spacial score (nSPS) is 23.9. The Balaban J connectivity index is 1.04. The maximum Gasteiger partial charge on any atom is 0.418 e. The van der Waals surface area contributed by atoms with Crippen LogP contribution in [0.1, 0.15) is 36.0 Å². The van der Waals surface area contributed by atoms with Gasteiger partial charge in [0.2, 0.25) is 5.91 Å². The molecule has 2 aromatic carbocycles. The fourth-order valence-corrected chi connectivity index (χ4v) is 6.45. The molecule has 10 nitrogen and oxygen atoms in total. The molecule has 7 rings (SSSR count).